The Morgan fingerprint density at radius 2 is 2.00 bits per heavy atom. The molecule has 4 heteroatoms. The van der Waals surface area contributed by atoms with E-state index in [9.17, 15) is 5.11 Å². The SMILES string of the molecule is C[C@H]1CO[C@@H](CO)CN1CCCCC1CCOCC1. The predicted octanol–water partition coefficient (Wildman–Crippen LogP) is 1.66. The van der Waals surface area contributed by atoms with E-state index < -0.39 is 0 Å². The second kappa shape index (κ2) is 8.20. The van der Waals surface area contributed by atoms with Crippen molar-refractivity contribution in [3.63, 3.8) is 0 Å². The molecule has 0 unspecified atom stereocenters. The van der Waals surface area contributed by atoms with Crippen LogP contribution in [0.4, 0.5) is 0 Å². The number of morpholine rings is 1. The molecule has 2 fully saturated rings. The monoisotopic (exact) mass is 271 g/mol. The van der Waals surface area contributed by atoms with E-state index in [1.807, 2.05) is 0 Å². The molecule has 0 aliphatic carbocycles. The van der Waals surface area contributed by atoms with Crippen molar-refractivity contribution in [2.75, 3.05) is 39.5 Å². The molecule has 0 aromatic carbocycles. The van der Waals surface area contributed by atoms with Gasteiger partial charge in [-0.25, -0.2) is 0 Å². The van der Waals surface area contributed by atoms with Gasteiger partial charge in [0.2, 0.25) is 0 Å². The van der Waals surface area contributed by atoms with Crippen LogP contribution in [0.15, 0.2) is 0 Å². The van der Waals surface area contributed by atoms with E-state index >= 15 is 0 Å². The molecule has 19 heavy (non-hydrogen) atoms. The molecule has 0 spiro atoms. The van der Waals surface area contributed by atoms with Gasteiger partial charge < -0.3 is 14.6 Å². The van der Waals surface area contributed by atoms with Gasteiger partial charge in [-0.1, -0.05) is 12.8 Å². The average Bonchev–Trinajstić information content (AvgIpc) is 2.46. The zero-order valence-electron chi connectivity index (χ0n) is 12.2. The molecule has 2 aliphatic rings. The van der Waals surface area contributed by atoms with E-state index in [0.717, 1.165) is 38.8 Å². The predicted molar refractivity (Wildman–Crippen MR) is 75.3 cm³/mol. The maximum absolute atomic E-state index is 9.17. The zero-order valence-corrected chi connectivity index (χ0v) is 12.2. The smallest absolute Gasteiger partial charge is 0.0933 e. The molecule has 4 nitrogen and oxygen atoms in total. The normalized spacial score (nSPS) is 30.6. The van der Waals surface area contributed by atoms with Gasteiger partial charge in [0.15, 0.2) is 0 Å². The minimum atomic E-state index is 0.0201. The molecule has 2 atom stereocenters. The summed E-state index contributed by atoms with van der Waals surface area (Å²) in [5.74, 6) is 0.890. The van der Waals surface area contributed by atoms with Crippen LogP contribution in [0.3, 0.4) is 0 Å². The second-order valence-corrected chi connectivity index (χ2v) is 6.03. The van der Waals surface area contributed by atoms with Gasteiger partial charge in [0.25, 0.3) is 0 Å². The summed E-state index contributed by atoms with van der Waals surface area (Å²) in [6.45, 7) is 7.06. The summed E-state index contributed by atoms with van der Waals surface area (Å²) >= 11 is 0. The molecular weight excluding hydrogens is 242 g/mol. The molecular formula is C15H29NO3. The lowest BCUT2D eigenvalue weighted by Crippen LogP contribution is -2.49. The van der Waals surface area contributed by atoms with Crippen LogP contribution >= 0.6 is 0 Å². The van der Waals surface area contributed by atoms with E-state index in [2.05, 4.69) is 11.8 Å². The van der Waals surface area contributed by atoms with Crippen molar-refractivity contribution in [1.29, 1.82) is 0 Å². The van der Waals surface area contributed by atoms with Gasteiger partial charge in [-0.2, -0.15) is 0 Å². The van der Waals surface area contributed by atoms with Crippen LogP contribution in [0.2, 0.25) is 0 Å². The van der Waals surface area contributed by atoms with Crippen LogP contribution < -0.4 is 0 Å². The first kappa shape index (κ1) is 15.2. The third-order valence-electron chi connectivity index (χ3n) is 4.49. The Morgan fingerprint density at radius 3 is 2.74 bits per heavy atom. The van der Waals surface area contributed by atoms with Crippen LogP contribution in [-0.4, -0.2) is 61.7 Å². The molecule has 112 valence electrons. The number of aliphatic hydroxyl groups is 1. The first-order valence-corrected chi connectivity index (χ1v) is 7.84. The summed E-state index contributed by atoms with van der Waals surface area (Å²) in [5.41, 5.74) is 0. The largest absolute Gasteiger partial charge is 0.394 e. The number of hydrogen-bond acceptors (Lipinski definition) is 4. The average molecular weight is 271 g/mol. The van der Waals surface area contributed by atoms with Crippen molar-refractivity contribution in [3.8, 4) is 0 Å². The van der Waals surface area contributed by atoms with E-state index in [-0.39, 0.29) is 12.7 Å². The van der Waals surface area contributed by atoms with Crippen LogP contribution in [0.25, 0.3) is 0 Å². The highest BCUT2D eigenvalue weighted by molar-refractivity contribution is 4.77. The van der Waals surface area contributed by atoms with Crippen molar-refractivity contribution in [1.82, 2.24) is 4.90 Å². The lowest BCUT2D eigenvalue weighted by molar-refractivity contribution is -0.0780. The first-order chi connectivity index (χ1) is 9.29. The fraction of sp³-hybridized carbons (Fsp3) is 1.00. The number of rotatable bonds is 6. The van der Waals surface area contributed by atoms with E-state index in [0.29, 0.717) is 6.04 Å². The Kier molecular flexibility index (Phi) is 6.57. The molecule has 0 bridgehead atoms. The highest BCUT2D eigenvalue weighted by Gasteiger charge is 2.25. The zero-order chi connectivity index (χ0) is 13.5. The van der Waals surface area contributed by atoms with Crippen LogP contribution in [-0.2, 0) is 9.47 Å². The molecule has 1 N–H and O–H groups in total. The number of hydrogen-bond donors (Lipinski definition) is 1. The summed E-state index contributed by atoms with van der Waals surface area (Å²) in [6.07, 6.45) is 6.46. The molecule has 2 aliphatic heterocycles. The highest BCUT2D eigenvalue weighted by atomic mass is 16.5. The topological polar surface area (TPSA) is 41.9 Å². The van der Waals surface area contributed by atoms with Crippen LogP contribution in [0.5, 0.6) is 0 Å². The third-order valence-corrected chi connectivity index (χ3v) is 4.49. The maximum atomic E-state index is 9.17. The summed E-state index contributed by atoms with van der Waals surface area (Å²) in [6, 6.07) is 0.492. The Morgan fingerprint density at radius 1 is 1.21 bits per heavy atom. The van der Waals surface area contributed by atoms with Crippen molar-refractivity contribution in [2.45, 2.75) is 51.2 Å². The molecule has 0 aromatic rings. The second-order valence-electron chi connectivity index (χ2n) is 6.03. The molecule has 2 saturated heterocycles. The third kappa shape index (κ3) is 5.03. The van der Waals surface area contributed by atoms with Crippen molar-refractivity contribution >= 4 is 0 Å². The minimum Gasteiger partial charge on any atom is -0.394 e. The lowest BCUT2D eigenvalue weighted by atomic mass is 9.94. The number of aliphatic hydroxyl groups excluding tert-OH is 1. The fourth-order valence-electron chi connectivity index (χ4n) is 3.08. The summed E-state index contributed by atoms with van der Waals surface area (Å²) in [7, 11) is 0. The fourth-order valence-corrected chi connectivity index (χ4v) is 3.08. The number of unbranched alkanes of at least 4 members (excludes halogenated alkanes) is 1. The molecule has 2 rings (SSSR count). The van der Waals surface area contributed by atoms with Gasteiger partial charge in [0, 0.05) is 25.8 Å². The van der Waals surface area contributed by atoms with Crippen molar-refractivity contribution in [2.24, 2.45) is 5.92 Å². The number of nitrogens with zero attached hydrogens (tertiary/aromatic N) is 1. The number of ether oxygens (including phenoxy) is 2. The van der Waals surface area contributed by atoms with Gasteiger partial charge >= 0.3 is 0 Å². The quantitative estimate of drug-likeness (QED) is 0.746. The first-order valence-electron chi connectivity index (χ1n) is 7.84. The Hall–Kier alpha value is -0.160. The Balaban J connectivity index is 1.58. The summed E-state index contributed by atoms with van der Waals surface area (Å²) in [5, 5.41) is 9.17. The van der Waals surface area contributed by atoms with Crippen molar-refractivity contribution in [3.05, 3.63) is 0 Å². The van der Waals surface area contributed by atoms with Gasteiger partial charge in [0.05, 0.1) is 19.3 Å². The van der Waals surface area contributed by atoms with E-state index in [1.54, 1.807) is 0 Å². The molecule has 0 amide bonds. The lowest BCUT2D eigenvalue weighted by Gasteiger charge is -2.37. The van der Waals surface area contributed by atoms with Gasteiger partial charge in [-0.05, 0) is 38.6 Å². The van der Waals surface area contributed by atoms with Gasteiger partial charge in [-0.15, -0.1) is 0 Å². The molecule has 0 saturated carbocycles. The summed E-state index contributed by atoms with van der Waals surface area (Å²) < 4.78 is 11.0. The van der Waals surface area contributed by atoms with Crippen molar-refractivity contribution < 1.29 is 14.6 Å². The molecule has 0 aromatic heterocycles. The minimum absolute atomic E-state index is 0.0201. The summed E-state index contributed by atoms with van der Waals surface area (Å²) in [4.78, 5) is 2.47. The standard InChI is InChI=1S/C15H29NO3/c1-13-12-19-15(11-17)10-16(13)7-3-2-4-14-5-8-18-9-6-14/h13-15,17H,2-12H2,1H3/t13-,15+/m0/s1. The molecule has 2 heterocycles. The Bertz CT molecular complexity index is 244. The molecule has 0 radical (unpaired) electrons. The van der Waals surface area contributed by atoms with Gasteiger partial charge in [-0.3, -0.25) is 4.90 Å². The van der Waals surface area contributed by atoms with E-state index in [1.165, 1.54) is 32.1 Å². The highest BCUT2D eigenvalue weighted by Crippen LogP contribution is 2.21. The maximum Gasteiger partial charge on any atom is 0.0933 e. The van der Waals surface area contributed by atoms with E-state index in [4.69, 9.17) is 9.47 Å². The van der Waals surface area contributed by atoms with Crippen LogP contribution in [0.1, 0.15) is 39.0 Å². The van der Waals surface area contributed by atoms with Gasteiger partial charge in [0.1, 0.15) is 0 Å². The Labute approximate surface area is 117 Å². The van der Waals surface area contributed by atoms with Crippen LogP contribution in [0, 0.1) is 5.92 Å².